The van der Waals surface area contributed by atoms with Crippen molar-refractivity contribution >= 4 is 0 Å². The SMILES string of the molecule is CNCC(O)C(C)C. The van der Waals surface area contributed by atoms with E-state index in [1.54, 1.807) is 0 Å². The molecule has 0 aromatic heterocycles. The zero-order valence-electron chi connectivity index (χ0n) is 5.81. The van der Waals surface area contributed by atoms with Crippen molar-refractivity contribution in [3.63, 3.8) is 0 Å². The van der Waals surface area contributed by atoms with E-state index >= 15 is 0 Å². The average molecular weight is 117 g/mol. The van der Waals surface area contributed by atoms with Gasteiger partial charge in [0.05, 0.1) is 6.10 Å². The van der Waals surface area contributed by atoms with E-state index in [2.05, 4.69) is 5.32 Å². The van der Waals surface area contributed by atoms with Gasteiger partial charge in [0, 0.05) is 6.54 Å². The quantitative estimate of drug-likeness (QED) is 0.554. The largest absolute Gasteiger partial charge is 0.392 e. The number of nitrogens with one attached hydrogen (secondary N) is 1. The fourth-order valence-corrected chi connectivity index (χ4v) is 0.445. The summed E-state index contributed by atoms with van der Waals surface area (Å²) in [6.07, 6.45) is -0.194. The molecule has 0 aromatic carbocycles. The second-order valence-electron chi connectivity index (χ2n) is 2.37. The molecule has 0 saturated carbocycles. The highest BCUT2D eigenvalue weighted by atomic mass is 16.3. The Morgan fingerprint density at radius 3 is 2.12 bits per heavy atom. The summed E-state index contributed by atoms with van der Waals surface area (Å²) in [7, 11) is 1.84. The Morgan fingerprint density at radius 2 is 2.00 bits per heavy atom. The van der Waals surface area contributed by atoms with Gasteiger partial charge in [0.15, 0.2) is 0 Å². The maximum atomic E-state index is 9.06. The molecule has 0 saturated heterocycles. The first-order valence-electron chi connectivity index (χ1n) is 3.01. The van der Waals surface area contributed by atoms with Gasteiger partial charge in [0.1, 0.15) is 0 Å². The highest BCUT2D eigenvalue weighted by molar-refractivity contribution is 4.60. The summed E-state index contributed by atoms with van der Waals surface area (Å²) < 4.78 is 0. The van der Waals surface area contributed by atoms with Crippen LogP contribution in [0.5, 0.6) is 0 Å². The first kappa shape index (κ1) is 7.92. The van der Waals surface area contributed by atoms with E-state index in [0.29, 0.717) is 12.5 Å². The highest BCUT2D eigenvalue weighted by Crippen LogP contribution is 1.97. The molecule has 2 heteroatoms. The van der Waals surface area contributed by atoms with Crippen LogP contribution in [0, 0.1) is 5.92 Å². The molecule has 1 unspecified atom stereocenters. The van der Waals surface area contributed by atoms with Crippen LogP contribution in [-0.4, -0.2) is 24.8 Å². The van der Waals surface area contributed by atoms with E-state index in [9.17, 15) is 0 Å². The predicted octanol–water partition coefficient (Wildman–Crippen LogP) is 0.223. The van der Waals surface area contributed by atoms with Crippen LogP contribution in [0.2, 0.25) is 0 Å². The van der Waals surface area contributed by atoms with Crippen LogP contribution in [0.1, 0.15) is 13.8 Å². The van der Waals surface area contributed by atoms with Crippen molar-refractivity contribution < 1.29 is 5.11 Å². The Labute approximate surface area is 50.9 Å². The van der Waals surface area contributed by atoms with E-state index in [-0.39, 0.29) is 6.10 Å². The molecule has 0 aromatic rings. The minimum absolute atomic E-state index is 0.194. The van der Waals surface area contributed by atoms with Gasteiger partial charge in [-0.3, -0.25) is 0 Å². The fourth-order valence-electron chi connectivity index (χ4n) is 0.445. The van der Waals surface area contributed by atoms with E-state index < -0.39 is 0 Å². The fraction of sp³-hybridized carbons (Fsp3) is 1.00. The van der Waals surface area contributed by atoms with Crippen molar-refractivity contribution in [1.29, 1.82) is 0 Å². The Balaban J connectivity index is 3.17. The van der Waals surface area contributed by atoms with Crippen LogP contribution in [0.25, 0.3) is 0 Å². The van der Waals surface area contributed by atoms with Gasteiger partial charge in [-0.1, -0.05) is 13.8 Å². The molecule has 2 nitrogen and oxygen atoms in total. The summed E-state index contributed by atoms with van der Waals surface area (Å²) in [5.41, 5.74) is 0. The number of aliphatic hydroxyl groups is 1. The smallest absolute Gasteiger partial charge is 0.0687 e. The van der Waals surface area contributed by atoms with Crippen LogP contribution in [0.3, 0.4) is 0 Å². The number of hydrogen-bond acceptors (Lipinski definition) is 2. The van der Waals surface area contributed by atoms with Gasteiger partial charge in [0.25, 0.3) is 0 Å². The Morgan fingerprint density at radius 1 is 1.50 bits per heavy atom. The summed E-state index contributed by atoms with van der Waals surface area (Å²) in [5.74, 6) is 0.363. The third kappa shape index (κ3) is 2.99. The first-order valence-corrected chi connectivity index (χ1v) is 3.01. The van der Waals surface area contributed by atoms with Crippen LogP contribution >= 0.6 is 0 Å². The lowest BCUT2D eigenvalue weighted by molar-refractivity contribution is 0.126. The minimum atomic E-state index is -0.194. The van der Waals surface area contributed by atoms with Crippen molar-refractivity contribution in [3.05, 3.63) is 0 Å². The first-order chi connectivity index (χ1) is 3.68. The maximum absolute atomic E-state index is 9.06. The molecule has 50 valence electrons. The molecule has 0 bridgehead atoms. The minimum Gasteiger partial charge on any atom is -0.392 e. The van der Waals surface area contributed by atoms with E-state index in [1.165, 1.54) is 0 Å². The molecular weight excluding hydrogens is 102 g/mol. The van der Waals surface area contributed by atoms with Gasteiger partial charge < -0.3 is 10.4 Å². The summed E-state index contributed by atoms with van der Waals surface area (Å²) in [4.78, 5) is 0. The zero-order chi connectivity index (χ0) is 6.57. The molecule has 0 spiro atoms. The van der Waals surface area contributed by atoms with Crippen molar-refractivity contribution in [2.24, 2.45) is 5.92 Å². The summed E-state index contributed by atoms with van der Waals surface area (Å²) in [6.45, 7) is 4.70. The van der Waals surface area contributed by atoms with Crippen molar-refractivity contribution in [3.8, 4) is 0 Å². The number of likely N-dealkylation sites (N-methyl/N-ethyl adjacent to an activating group) is 1. The molecule has 0 aliphatic carbocycles. The zero-order valence-corrected chi connectivity index (χ0v) is 5.81. The predicted molar refractivity (Wildman–Crippen MR) is 34.8 cm³/mol. The molecule has 8 heavy (non-hydrogen) atoms. The summed E-state index contributed by atoms with van der Waals surface area (Å²) >= 11 is 0. The molecule has 0 radical (unpaired) electrons. The van der Waals surface area contributed by atoms with Gasteiger partial charge in [0.2, 0.25) is 0 Å². The molecule has 0 fully saturated rings. The van der Waals surface area contributed by atoms with Crippen molar-refractivity contribution in [2.45, 2.75) is 20.0 Å². The van der Waals surface area contributed by atoms with E-state index in [0.717, 1.165) is 0 Å². The van der Waals surface area contributed by atoms with Crippen molar-refractivity contribution in [2.75, 3.05) is 13.6 Å². The second kappa shape index (κ2) is 3.87. The Kier molecular flexibility index (Phi) is 3.83. The van der Waals surface area contributed by atoms with Gasteiger partial charge in [-0.25, -0.2) is 0 Å². The Hall–Kier alpha value is -0.0800. The van der Waals surface area contributed by atoms with Gasteiger partial charge in [-0.15, -0.1) is 0 Å². The normalized spacial score (nSPS) is 14.6. The lowest BCUT2D eigenvalue weighted by Crippen LogP contribution is -2.27. The lowest BCUT2D eigenvalue weighted by atomic mass is 10.1. The lowest BCUT2D eigenvalue weighted by Gasteiger charge is -2.12. The van der Waals surface area contributed by atoms with E-state index in [4.69, 9.17) is 5.11 Å². The number of rotatable bonds is 3. The molecule has 0 heterocycles. The molecule has 0 aliphatic rings. The van der Waals surface area contributed by atoms with Crippen LogP contribution < -0.4 is 5.32 Å². The van der Waals surface area contributed by atoms with Gasteiger partial charge in [-0.2, -0.15) is 0 Å². The molecule has 0 rings (SSSR count). The van der Waals surface area contributed by atoms with Crippen LogP contribution in [-0.2, 0) is 0 Å². The van der Waals surface area contributed by atoms with Crippen LogP contribution in [0.15, 0.2) is 0 Å². The van der Waals surface area contributed by atoms with Gasteiger partial charge >= 0.3 is 0 Å². The standard InChI is InChI=1S/C6H15NO/c1-5(2)6(8)4-7-3/h5-8H,4H2,1-3H3. The summed E-state index contributed by atoms with van der Waals surface area (Å²) in [5, 5.41) is 12.0. The van der Waals surface area contributed by atoms with Gasteiger partial charge in [-0.05, 0) is 13.0 Å². The number of hydrogen-bond donors (Lipinski definition) is 2. The number of aliphatic hydroxyl groups excluding tert-OH is 1. The third-order valence-corrected chi connectivity index (χ3v) is 1.18. The monoisotopic (exact) mass is 117 g/mol. The average Bonchev–Trinajstić information content (AvgIpc) is 1.67. The highest BCUT2D eigenvalue weighted by Gasteiger charge is 2.05. The van der Waals surface area contributed by atoms with Crippen LogP contribution in [0.4, 0.5) is 0 Å². The van der Waals surface area contributed by atoms with E-state index in [1.807, 2.05) is 20.9 Å². The molecular formula is C6H15NO. The molecule has 2 N–H and O–H groups in total. The van der Waals surface area contributed by atoms with Crippen molar-refractivity contribution in [1.82, 2.24) is 5.32 Å². The summed E-state index contributed by atoms with van der Waals surface area (Å²) in [6, 6.07) is 0. The molecule has 0 aliphatic heterocycles. The molecule has 0 amide bonds. The Bertz CT molecular complexity index is 54.5. The third-order valence-electron chi connectivity index (χ3n) is 1.18. The second-order valence-corrected chi connectivity index (χ2v) is 2.37. The maximum Gasteiger partial charge on any atom is 0.0687 e. The molecule has 1 atom stereocenters. The topological polar surface area (TPSA) is 32.3 Å².